The van der Waals surface area contributed by atoms with Gasteiger partial charge in [-0.25, -0.2) is 4.98 Å². The van der Waals surface area contributed by atoms with Gasteiger partial charge in [-0.2, -0.15) is 5.26 Å². The van der Waals surface area contributed by atoms with Crippen molar-refractivity contribution in [3.8, 4) is 16.6 Å². The molecule has 1 aromatic carbocycles. The molecule has 2 N–H and O–H groups in total. The number of nitriles is 1. The van der Waals surface area contributed by atoms with Gasteiger partial charge >= 0.3 is 0 Å². The van der Waals surface area contributed by atoms with Crippen molar-refractivity contribution in [1.29, 1.82) is 5.26 Å². The van der Waals surface area contributed by atoms with Crippen LogP contribution in [-0.2, 0) is 5.41 Å². The van der Waals surface area contributed by atoms with E-state index in [4.69, 9.17) is 9.40 Å². The summed E-state index contributed by atoms with van der Waals surface area (Å²) in [4.78, 5) is 21.9. The van der Waals surface area contributed by atoms with Crippen molar-refractivity contribution < 1.29 is 9.21 Å². The molecule has 0 spiro atoms. The number of nitrogens with one attached hydrogen (secondary N) is 2. The number of pyridine rings is 1. The van der Waals surface area contributed by atoms with Gasteiger partial charge in [0.2, 0.25) is 5.76 Å². The standard InChI is InChI=1S/C25H23N5O2S/c1-14-11-27-22-21-15-3-4-17(29-16(15)5-6-18(21)32-23(22)24(31)28-14)19-7-8-20(33-19)25(12-26)9-10-30(2)13-25/h3-8,14,27H,9-11,13H2,1-2H3,(H,28,31)/t14-,25?/m1/s1. The van der Waals surface area contributed by atoms with E-state index in [-0.39, 0.29) is 11.9 Å². The molecule has 0 aliphatic carbocycles. The van der Waals surface area contributed by atoms with Crippen LogP contribution in [0.2, 0.25) is 0 Å². The van der Waals surface area contributed by atoms with E-state index in [2.05, 4.69) is 40.8 Å². The number of carbonyl (C=O) groups excluding carboxylic acids is 1. The summed E-state index contributed by atoms with van der Waals surface area (Å²) in [5.74, 6) is 0.115. The molecule has 1 fully saturated rings. The number of amides is 1. The maximum Gasteiger partial charge on any atom is 0.289 e. The Kier molecular flexibility index (Phi) is 4.47. The fraction of sp³-hybridized carbons (Fsp3) is 0.320. The first-order chi connectivity index (χ1) is 16.0. The fourth-order valence-electron chi connectivity index (χ4n) is 4.94. The molecule has 2 atom stereocenters. The number of carbonyl (C=O) groups is 1. The minimum atomic E-state index is -0.432. The predicted molar refractivity (Wildman–Crippen MR) is 130 cm³/mol. The van der Waals surface area contributed by atoms with Gasteiger partial charge < -0.3 is 20.0 Å². The monoisotopic (exact) mass is 457 g/mol. The normalized spacial score (nSPS) is 23.2. The fourth-order valence-corrected chi connectivity index (χ4v) is 6.08. The Balaban J connectivity index is 1.43. The lowest BCUT2D eigenvalue weighted by atomic mass is 9.87. The summed E-state index contributed by atoms with van der Waals surface area (Å²) in [6, 6.07) is 14.6. The van der Waals surface area contributed by atoms with Crippen LogP contribution < -0.4 is 10.6 Å². The largest absolute Gasteiger partial charge is 0.449 e. The summed E-state index contributed by atoms with van der Waals surface area (Å²) in [7, 11) is 2.06. The van der Waals surface area contributed by atoms with Crippen molar-refractivity contribution in [2.45, 2.75) is 24.8 Å². The molecule has 2 aliphatic heterocycles. The summed E-state index contributed by atoms with van der Waals surface area (Å²) >= 11 is 1.65. The lowest BCUT2D eigenvalue weighted by Gasteiger charge is -2.18. The lowest BCUT2D eigenvalue weighted by Crippen LogP contribution is -2.34. The zero-order valence-corrected chi connectivity index (χ0v) is 19.3. The second kappa shape index (κ2) is 7.30. The van der Waals surface area contributed by atoms with E-state index in [9.17, 15) is 10.1 Å². The highest BCUT2D eigenvalue weighted by atomic mass is 32.1. The van der Waals surface area contributed by atoms with Crippen molar-refractivity contribution in [1.82, 2.24) is 15.2 Å². The van der Waals surface area contributed by atoms with Gasteiger partial charge in [-0.3, -0.25) is 4.79 Å². The van der Waals surface area contributed by atoms with Gasteiger partial charge in [0.1, 0.15) is 11.0 Å². The molecule has 6 rings (SSSR count). The van der Waals surface area contributed by atoms with Crippen LogP contribution in [0.1, 0.15) is 28.8 Å². The average Bonchev–Trinajstić information content (AvgIpc) is 3.52. The SMILES string of the molecule is C[C@@H]1CNc2c(oc3ccc4nc(-c5ccc(C6(C#N)CCN(C)C6)s5)ccc4c23)C(=O)N1. The second-order valence-electron chi connectivity index (χ2n) is 9.11. The Hall–Kier alpha value is -3.41. The molecule has 2 aliphatic rings. The van der Waals surface area contributed by atoms with Gasteiger partial charge in [-0.1, -0.05) is 0 Å². The molecule has 0 bridgehead atoms. The van der Waals surface area contributed by atoms with E-state index >= 15 is 0 Å². The number of nitrogens with zero attached hydrogens (tertiary/aromatic N) is 3. The Morgan fingerprint density at radius 1 is 1.27 bits per heavy atom. The van der Waals surface area contributed by atoms with Gasteiger partial charge in [0.25, 0.3) is 5.91 Å². The Labute approximate surface area is 195 Å². The number of fused-ring (bicyclic) bond motifs is 5. The molecule has 0 saturated carbocycles. The Morgan fingerprint density at radius 3 is 2.94 bits per heavy atom. The summed E-state index contributed by atoms with van der Waals surface area (Å²) in [5.41, 5.74) is 2.68. The zero-order valence-electron chi connectivity index (χ0n) is 18.4. The van der Waals surface area contributed by atoms with Crippen LogP contribution in [0.15, 0.2) is 40.8 Å². The number of furan rings is 1. The average molecular weight is 458 g/mol. The smallest absolute Gasteiger partial charge is 0.289 e. The molecular weight excluding hydrogens is 434 g/mol. The minimum absolute atomic E-state index is 0.0132. The van der Waals surface area contributed by atoms with Gasteiger partial charge in [0, 0.05) is 29.4 Å². The highest BCUT2D eigenvalue weighted by Crippen LogP contribution is 2.41. The molecule has 3 aromatic heterocycles. The summed E-state index contributed by atoms with van der Waals surface area (Å²) in [6.45, 7) is 4.28. The molecule has 33 heavy (non-hydrogen) atoms. The van der Waals surface area contributed by atoms with Crippen LogP contribution in [0.5, 0.6) is 0 Å². The number of likely N-dealkylation sites (N-methyl/N-ethyl adjacent to an activating group) is 1. The topological polar surface area (TPSA) is 94.2 Å². The van der Waals surface area contributed by atoms with Crippen LogP contribution >= 0.6 is 11.3 Å². The number of hydrogen-bond acceptors (Lipinski definition) is 7. The molecule has 1 unspecified atom stereocenters. The van der Waals surface area contributed by atoms with E-state index in [1.54, 1.807) is 11.3 Å². The maximum absolute atomic E-state index is 12.6. The molecule has 8 heteroatoms. The third-order valence-corrected chi connectivity index (χ3v) is 8.01. The van der Waals surface area contributed by atoms with Gasteiger partial charge in [0.15, 0.2) is 0 Å². The first kappa shape index (κ1) is 20.2. The van der Waals surface area contributed by atoms with E-state index in [0.717, 1.165) is 56.9 Å². The molecule has 166 valence electrons. The number of hydrogen-bond donors (Lipinski definition) is 2. The van der Waals surface area contributed by atoms with Crippen molar-refractivity contribution in [3.63, 3.8) is 0 Å². The first-order valence-electron chi connectivity index (χ1n) is 11.1. The lowest BCUT2D eigenvalue weighted by molar-refractivity contribution is 0.0920. The summed E-state index contributed by atoms with van der Waals surface area (Å²) in [6.07, 6.45) is 0.855. The van der Waals surface area contributed by atoms with Gasteiger partial charge in [-0.05, 0) is 63.3 Å². The quantitative estimate of drug-likeness (QED) is 0.465. The zero-order chi connectivity index (χ0) is 22.7. The number of aromatic nitrogens is 1. The minimum Gasteiger partial charge on any atom is -0.449 e. The van der Waals surface area contributed by atoms with Crippen LogP contribution in [0.4, 0.5) is 5.69 Å². The Bertz CT molecular complexity index is 1470. The van der Waals surface area contributed by atoms with E-state index in [1.165, 1.54) is 0 Å². The van der Waals surface area contributed by atoms with Crippen LogP contribution in [0.3, 0.4) is 0 Å². The van der Waals surface area contributed by atoms with Crippen LogP contribution in [0, 0.1) is 11.3 Å². The molecule has 5 heterocycles. The van der Waals surface area contributed by atoms with E-state index in [0.29, 0.717) is 17.9 Å². The van der Waals surface area contributed by atoms with E-state index in [1.807, 2.05) is 31.2 Å². The number of likely N-dealkylation sites (tertiary alicyclic amines) is 1. The van der Waals surface area contributed by atoms with Crippen LogP contribution in [-0.4, -0.2) is 48.5 Å². The first-order valence-corrected chi connectivity index (χ1v) is 11.9. The molecule has 1 amide bonds. The van der Waals surface area contributed by atoms with Crippen LogP contribution in [0.25, 0.3) is 32.4 Å². The summed E-state index contributed by atoms with van der Waals surface area (Å²) < 4.78 is 5.91. The second-order valence-corrected chi connectivity index (χ2v) is 10.2. The Morgan fingerprint density at radius 2 is 2.15 bits per heavy atom. The molecular formula is C25H23N5O2S. The number of benzene rings is 1. The van der Waals surface area contributed by atoms with E-state index < -0.39 is 5.41 Å². The number of rotatable bonds is 2. The van der Waals surface area contributed by atoms with Gasteiger partial charge in [-0.15, -0.1) is 11.3 Å². The molecule has 4 aromatic rings. The maximum atomic E-state index is 12.6. The molecule has 1 saturated heterocycles. The highest BCUT2D eigenvalue weighted by molar-refractivity contribution is 7.15. The third kappa shape index (κ3) is 3.11. The summed E-state index contributed by atoms with van der Waals surface area (Å²) in [5, 5.41) is 18.1. The van der Waals surface area contributed by atoms with Crippen molar-refractivity contribution in [2.24, 2.45) is 0 Å². The molecule has 7 nitrogen and oxygen atoms in total. The number of anilines is 1. The highest BCUT2D eigenvalue weighted by Gasteiger charge is 2.40. The molecule has 0 radical (unpaired) electrons. The van der Waals surface area contributed by atoms with Crippen molar-refractivity contribution in [2.75, 3.05) is 32.0 Å². The van der Waals surface area contributed by atoms with Gasteiger partial charge in [0.05, 0.1) is 33.2 Å². The predicted octanol–water partition coefficient (Wildman–Crippen LogP) is 4.35. The van der Waals surface area contributed by atoms with Crippen molar-refractivity contribution >= 4 is 44.8 Å². The third-order valence-electron chi connectivity index (χ3n) is 6.70. The number of thiophene rings is 1. The van der Waals surface area contributed by atoms with Crippen molar-refractivity contribution in [3.05, 3.63) is 47.0 Å².